The van der Waals surface area contributed by atoms with Crippen LogP contribution >= 0.6 is 11.3 Å². The van der Waals surface area contributed by atoms with Crippen molar-refractivity contribution in [3.63, 3.8) is 0 Å². The summed E-state index contributed by atoms with van der Waals surface area (Å²) in [6.07, 6.45) is 0. The molecule has 0 spiro atoms. The third kappa shape index (κ3) is 3.19. The largest absolute Gasteiger partial charge is 0.323 e. The van der Waals surface area contributed by atoms with Crippen LogP contribution in [0.5, 0.6) is 0 Å². The van der Waals surface area contributed by atoms with Gasteiger partial charge in [-0.2, -0.15) is 0 Å². The summed E-state index contributed by atoms with van der Waals surface area (Å²) in [5.74, 6) is -0.145. The molecule has 1 heterocycles. The maximum atomic E-state index is 12.1. The molecule has 0 radical (unpaired) electrons. The molecule has 0 aliphatic rings. The van der Waals surface area contributed by atoms with Gasteiger partial charge in [-0.25, -0.2) is 4.98 Å². The number of benzene rings is 1. The lowest BCUT2D eigenvalue weighted by Gasteiger charge is -2.05. The fraction of sp³-hybridized carbons (Fsp3) is 0.286. The van der Waals surface area contributed by atoms with Gasteiger partial charge < -0.3 is 5.73 Å². The van der Waals surface area contributed by atoms with E-state index in [9.17, 15) is 4.79 Å². The van der Waals surface area contributed by atoms with Gasteiger partial charge in [0.05, 0.1) is 5.69 Å². The molecule has 2 aromatic rings. The summed E-state index contributed by atoms with van der Waals surface area (Å²) in [5, 5.41) is 5.23. The van der Waals surface area contributed by atoms with Crippen molar-refractivity contribution < 1.29 is 4.79 Å². The fourth-order valence-corrected chi connectivity index (χ4v) is 2.41. The van der Waals surface area contributed by atoms with Crippen LogP contribution < -0.4 is 11.1 Å². The van der Waals surface area contributed by atoms with Crippen LogP contribution in [0.25, 0.3) is 0 Å². The van der Waals surface area contributed by atoms with E-state index in [1.165, 1.54) is 16.9 Å². The molecule has 0 aliphatic heterocycles. The van der Waals surface area contributed by atoms with Crippen molar-refractivity contribution >= 4 is 22.4 Å². The summed E-state index contributed by atoms with van der Waals surface area (Å²) in [6.45, 7) is 5.88. The molecule has 0 fully saturated rings. The minimum atomic E-state index is -0.145. The van der Waals surface area contributed by atoms with Gasteiger partial charge in [-0.05, 0) is 44.0 Å². The van der Waals surface area contributed by atoms with Crippen LogP contribution in [-0.4, -0.2) is 10.9 Å². The number of anilines is 1. The second-order valence-corrected chi connectivity index (χ2v) is 5.48. The number of carbonyl (C=O) groups excluding carboxylic acids is 1. The van der Waals surface area contributed by atoms with E-state index in [1.54, 1.807) is 0 Å². The van der Waals surface area contributed by atoms with E-state index >= 15 is 0 Å². The van der Waals surface area contributed by atoms with E-state index in [-0.39, 0.29) is 11.9 Å². The van der Waals surface area contributed by atoms with Gasteiger partial charge >= 0.3 is 0 Å². The standard InChI is InChI=1S/C14H17N3OS/c1-8-4-5-11(6-9(8)2)13(18)17-14-16-12(7-19-14)10(3)15/h4-7,10H,15H2,1-3H3,(H,16,17,18). The highest BCUT2D eigenvalue weighted by molar-refractivity contribution is 7.14. The molecule has 1 aromatic carbocycles. The van der Waals surface area contributed by atoms with Crippen LogP contribution in [0.15, 0.2) is 23.6 Å². The van der Waals surface area contributed by atoms with E-state index in [1.807, 2.05) is 44.4 Å². The second kappa shape index (κ2) is 5.50. The van der Waals surface area contributed by atoms with Crippen molar-refractivity contribution in [1.82, 2.24) is 4.98 Å². The third-order valence-corrected chi connectivity index (χ3v) is 3.75. The quantitative estimate of drug-likeness (QED) is 0.904. The molecule has 0 saturated carbocycles. The molecule has 4 nitrogen and oxygen atoms in total. The van der Waals surface area contributed by atoms with Gasteiger partial charge in [-0.3, -0.25) is 10.1 Å². The van der Waals surface area contributed by atoms with Gasteiger partial charge in [0.15, 0.2) is 5.13 Å². The Labute approximate surface area is 116 Å². The highest BCUT2D eigenvalue weighted by Gasteiger charge is 2.11. The number of carbonyl (C=O) groups is 1. The predicted molar refractivity (Wildman–Crippen MR) is 78.6 cm³/mol. The second-order valence-electron chi connectivity index (χ2n) is 4.62. The van der Waals surface area contributed by atoms with Gasteiger partial charge in [0.2, 0.25) is 0 Å². The van der Waals surface area contributed by atoms with Crippen molar-refractivity contribution in [2.45, 2.75) is 26.8 Å². The Hall–Kier alpha value is -1.72. The molecule has 0 bridgehead atoms. The summed E-state index contributed by atoms with van der Waals surface area (Å²) in [6, 6.07) is 5.52. The molecule has 19 heavy (non-hydrogen) atoms. The lowest BCUT2D eigenvalue weighted by Crippen LogP contribution is -2.12. The Balaban J connectivity index is 2.13. The van der Waals surface area contributed by atoms with Crippen LogP contribution in [0, 0.1) is 13.8 Å². The van der Waals surface area contributed by atoms with Crippen molar-refractivity contribution in [3.8, 4) is 0 Å². The summed E-state index contributed by atoms with van der Waals surface area (Å²) >= 11 is 1.39. The zero-order valence-corrected chi connectivity index (χ0v) is 12.0. The van der Waals surface area contributed by atoms with Crippen LogP contribution in [0.4, 0.5) is 5.13 Å². The predicted octanol–water partition coefficient (Wildman–Crippen LogP) is 3.03. The first-order valence-electron chi connectivity index (χ1n) is 6.07. The Morgan fingerprint density at radius 1 is 1.37 bits per heavy atom. The molecule has 1 amide bonds. The number of aromatic nitrogens is 1. The topological polar surface area (TPSA) is 68.0 Å². The molecule has 2 rings (SSSR count). The average molecular weight is 275 g/mol. The number of hydrogen-bond donors (Lipinski definition) is 2. The summed E-state index contributed by atoms with van der Waals surface area (Å²) < 4.78 is 0. The molecule has 0 saturated heterocycles. The number of hydrogen-bond acceptors (Lipinski definition) is 4. The lowest BCUT2D eigenvalue weighted by atomic mass is 10.1. The van der Waals surface area contributed by atoms with Crippen LogP contribution in [-0.2, 0) is 0 Å². The van der Waals surface area contributed by atoms with Crippen LogP contribution in [0.1, 0.15) is 40.1 Å². The monoisotopic (exact) mass is 275 g/mol. The molecule has 0 aliphatic carbocycles. The van der Waals surface area contributed by atoms with Crippen LogP contribution in [0.2, 0.25) is 0 Å². The van der Waals surface area contributed by atoms with Crippen molar-refractivity contribution in [1.29, 1.82) is 0 Å². The molecule has 3 N–H and O–H groups in total. The molecule has 100 valence electrons. The molecule has 1 atom stereocenters. The Kier molecular flexibility index (Phi) is 3.97. The summed E-state index contributed by atoms with van der Waals surface area (Å²) in [5.41, 5.74) is 9.44. The van der Waals surface area contributed by atoms with Gasteiger partial charge in [0, 0.05) is 17.0 Å². The van der Waals surface area contributed by atoms with Gasteiger partial charge in [-0.15, -0.1) is 11.3 Å². The number of nitrogens with two attached hydrogens (primary N) is 1. The zero-order valence-electron chi connectivity index (χ0n) is 11.2. The third-order valence-electron chi connectivity index (χ3n) is 2.98. The minimum absolute atomic E-state index is 0.122. The molecular weight excluding hydrogens is 258 g/mol. The van der Waals surface area contributed by atoms with E-state index in [2.05, 4.69) is 10.3 Å². The van der Waals surface area contributed by atoms with Gasteiger partial charge in [0.25, 0.3) is 5.91 Å². The van der Waals surface area contributed by atoms with Crippen molar-refractivity contribution in [2.75, 3.05) is 5.32 Å². The number of thiazole rings is 1. The molecule has 1 aromatic heterocycles. The lowest BCUT2D eigenvalue weighted by molar-refractivity contribution is 0.102. The minimum Gasteiger partial charge on any atom is -0.323 e. The average Bonchev–Trinajstić information content (AvgIpc) is 2.81. The van der Waals surface area contributed by atoms with E-state index in [0.717, 1.165) is 11.3 Å². The van der Waals surface area contributed by atoms with Crippen molar-refractivity contribution in [3.05, 3.63) is 46.0 Å². The fourth-order valence-electron chi connectivity index (χ4n) is 1.60. The van der Waals surface area contributed by atoms with Crippen molar-refractivity contribution in [2.24, 2.45) is 5.73 Å². The Bertz CT molecular complexity index is 604. The molecule has 5 heteroatoms. The zero-order chi connectivity index (χ0) is 14.0. The molecular formula is C14H17N3OS. The van der Waals surface area contributed by atoms with E-state index in [0.29, 0.717) is 10.7 Å². The number of rotatable bonds is 3. The number of aryl methyl sites for hydroxylation is 2. The highest BCUT2D eigenvalue weighted by Crippen LogP contribution is 2.20. The summed E-state index contributed by atoms with van der Waals surface area (Å²) in [7, 11) is 0. The first-order chi connectivity index (χ1) is 8.97. The Morgan fingerprint density at radius 2 is 2.11 bits per heavy atom. The van der Waals surface area contributed by atoms with E-state index < -0.39 is 0 Å². The summed E-state index contributed by atoms with van der Waals surface area (Å²) in [4.78, 5) is 16.4. The number of amides is 1. The first-order valence-corrected chi connectivity index (χ1v) is 6.95. The maximum absolute atomic E-state index is 12.1. The van der Waals surface area contributed by atoms with E-state index in [4.69, 9.17) is 5.73 Å². The van der Waals surface area contributed by atoms with Gasteiger partial charge in [-0.1, -0.05) is 6.07 Å². The highest BCUT2D eigenvalue weighted by atomic mass is 32.1. The maximum Gasteiger partial charge on any atom is 0.257 e. The van der Waals surface area contributed by atoms with Crippen LogP contribution in [0.3, 0.4) is 0 Å². The smallest absolute Gasteiger partial charge is 0.257 e. The first kappa shape index (κ1) is 13.7. The Morgan fingerprint density at radius 3 is 2.68 bits per heavy atom. The number of nitrogens with one attached hydrogen (secondary N) is 1. The number of nitrogens with zero attached hydrogens (tertiary/aromatic N) is 1. The van der Waals surface area contributed by atoms with Gasteiger partial charge in [0.1, 0.15) is 0 Å². The molecule has 1 unspecified atom stereocenters. The SMILES string of the molecule is Cc1ccc(C(=O)Nc2nc(C(C)N)cs2)cc1C. The normalized spacial score (nSPS) is 12.2.